The predicted molar refractivity (Wildman–Crippen MR) is 164 cm³/mol. The summed E-state index contributed by atoms with van der Waals surface area (Å²) in [4.78, 5) is 31.3. The van der Waals surface area contributed by atoms with Crippen molar-refractivity contribution in [3.63, 3.8) is 0 Å². The fourth-order valence-electron chi connectivity index (χ4n) is 5.50. The standard InChI is InChI=1S/C34H32N4O3/c1-23-15-18-26(19-16-23)36-32(39)22-41-31-20-17-24-9-5-6-12-27(24)29(31)21-35-38-33(25-10-3-2-4-11-25)37-30-14-8-7-13-28(30)34(38)40/h5-9,12-21,25H,2-4,10-11,22H2,1H3,(H,36,39). The first-order valence-electron chi connectivity index (χ1n) is 14.1. The molecule has 0 unspecified atom stereocenters. The molecular weight excluding hydrogens is 512 g/mol. The van der Waals surface area contributed by atoms with Crippen molar-refractivity contribution in [3.8, 4) is 5.75 Å². The van der Waals surface area contributed by atoms with Crippen LogP contribution in [0, 0.1) is 6.92 Å². The third-order valence-electron chi connectivity index (χ3n) is 7.68. The summed E-state index contributed by atoms with van der Waals surface area (Å²) in [5, 5.41) is 10.1. The molecule has 1 aromatic heterocycles. The van der Waals surface area contributed by atoms with E-state index in [9.17, 15) is 9.59 Å². The Morgan fingerprint density at radius 2 is 1.68 bits per heavy atom. The molecule has 1 saturated carbocycles. The molecule has 7 heteroatoms. The van der Waals surface area contributed by atoms with Crippen molar-refractivity contribution in [2.75, 3.05) is 11.9 Å². The molecule has 0 spiro atoms. The maximum Gasteiger partial charge on any atom is 0.282 e. The first-order chi connectivity index (χ1) is 20.1. The lowest BCUT2D eigenvalue weighted by Crippen LogP contribution is -2.25. The van der Waals surface area contributed by atoms with Crippen LogP contribution in [0.5, 0.6) is 5.75 Å². The minimum absolute atomic E-state index is 0.169. The summed E-state index contributed by atoms with van der Waals surface area (Å²) in [6.45, 7) is 1.83. The zero-order valence-electron chi connectivity index (χ0n) is 23.0. The van der Waals surface area contributed by atoms with Crippen LogP contribution in [0.4, 0.5) is 5.69 Å². The molecule has 0 saturated heterocycles. The van der Waals surface area contributed by atoms with E-state index >= 15 is 0 Å². The number of aromatic nitrogens is 2. The van der Waals surface area contributed by atoms with Crippen LogP contribution in [0.1, 0.15) is 55.0 Å². The van der Waals surface area contributed by atoms with Gasteiger partial charge in [0.1, 0.15) is 11.6 Å². The van der Waals surface area contributed by atoms with Crippen LogP contribution < -0.4 is 15.6 Å². The summed E-state index contributed by atoms with van der Waals surface area (Å²) in [5.41, 5.74) is 3.03. The Morgan fingerprint density at radius 3 is 2.49 bits per heavy atom. The van der Waals surface area contributed by atoms with Crippen LogP contribution in [0.15, 0.2) is 94.8 Å². The third-order valence-corrected chi connectivity index (χ3v) is 7.68. The van der Waals surface area contributed by atoms with Crippen LogP contribution in [-0.4, -0.2) is 28.4 Å². The van der Waals surface area contributed by atoms with E-state index in [1.165, 1.54) is 11.1 Å². The molecule has 5 aromatic rings. The van der Waals surface area contributed by atoms with Crippen molar-refractivity contribution in [2.24, 2.45) is 5.10 Å². The van der Waals surface area contributed by atoms with Gasteiger partial charge in [-0.05, 0) is 60.9 Å². The number of nitrogens with zero attached hydrogens (tertiary/aromatic N) is 3. The van der Waals surface area contributed by atoms with E-state index in [2.05, 4.69) is 5.32 Å². The number of anilines is 1. The largest absolute Gasteiger partial charge is 0.483 e. The smallest absolute Gasteiger partial charge is 0.282 e. The Kier molecular flexibility index (Phi) is 7.58. The predicted octanol–water partition coefficient (Wildman–Crippen LogP) is 6.81. The number of carbonyl (C=O) groups is 1. The van der Waals surface area contributed by atoms with Crippen molar-refractivity contribution < 1.29 is 9.53 Å². The van der Waals surface area contributed by atoms with Gasteiger partial charge in [-0.1, -0.05) is 79.4 Å². The number of amides is 1. The zero-order valence-corrected chi connectivity index (χ0v) is 23.0. The highest BCUT2D eigenvalue weighted by Crippen LogP contribution is 2.32. The van der Waals surface area contributed by atoms with E-state index in [-0.39, 0.29) is 24.0 Å². The van der Waals surface area contributed by atoms with Gasteiger partial charge in [0.15, 0.2) is 6.61 Å². The number of carbonyl (C=O) groups excluding carboxylic acids is 1. The molecule has 1 aliphatic rings. The summed E-state index contributed by atoms with van der Waals surface area (Å²) in [5.74, 6) is 1.11. The fourth-order valence-corrected chi connectivity index (χ4v) is 5.50. The molecule has 6 rings (SSSR count). The minimum atomic E-state index is -0.264. The summed E-state index contributed by atoms with van der Waals surface area (Å²) >= 11 is 0. The number of benzene rings is 4. The molecule has 0 bridgehead atoms. The zero-order chi connectivity index (χ0) is 28.2. The van der Waals surface area contributed by atoms with Gasteiger partial charge in [0.2, 0.25) is 0 Å². The maximum absolute atomic E-state index is 13.7. The van der Waals surface area contributed by atoms with Crippen molar-refractivity contribution in [1.82, 2.24) is 9.66 Å². The minimum Gasteiger partial charge on any atom is -0.483 e. The molecule has 1 heterocycles. The lowest BCUT2D eigenvalue weighted by atomic mass is 9.88. The molecule has 0 aliphatic heterocycles. The molecule has 41 heavy (non-hydrogen) atoms. The van der Waals surface area contributed by atoms with Crippen molar-refractivity contribution in [1.29, 1.82) is 0 Å². The molecule has 1 fully saturated rings. The SMILES string of the molecule is Cc1ccc(NC(=O)COc2ccc3ccccc3c2C=Nn2c(C3CCCCC3)nc3ccccc3c2=O)cc1. The number of hydrogen-bond acceptors (Lipinski definition) is 5. The number of nitrogens with one attached hydrogen (secondary N) is 1. The highest BCUT2D eigenvalue weighted by molar-refractivity contribution is 6.02. The number of hydrogen-bond donors (Lipinski definition) is 1. The van der Waals surface area contributed by atoms with Crippen LogP contribution in [0.2, 0.25) is 0 Å². The summed E-state index contributed by atoms with van der Waals surface area (Å²) < 4.78 is 7.50. The van der Waals surface area contributed by atoms with E-state index in [1.54, 1.807) is 12.3 Å². The van der Waals surface area contributed by atoms with E-state index in [4.69, 9.17) is 14.8 Å². The Labute approximate surface area is 238 Å². The van der Waals surface area contributed by atoms with Crippen molar-refractivity contribution >= 4 is 39.5 Å². The third kappa shape index (κ3) is 5.75. The molecular formula is C34H32N4O3. The number of rotatable bonds is 7. The highest BCUT2D eigenvalue weighted by atomic mass is 16.5. The van der Waals surface area contributed by atoms with Gasteiger partial charge < -0.3 is 10.1 Å². The maximum atomic E-state index is 13.7. The molecule has 1 amide bonds. The molecule has 7 nitrogen and oxygen atoms in total. The van der Waals surface area contributed by atoms with Gasteiger partial charge in [-0.3, -0.25) is 9.59 Å². The van der Waals surface area contributed by atoms with Crippen LogP contribution in [0.25, 0.3) is 21.7 Å². The second-order valence-electron chi connectivity index (χ2n) is 10.6. The molecule has 0 radical (unpaired) electrons. The fraction of sp³-hybridized carbons (Fsp3) is 0.235. The first-order valence-corrected chi connectivity index (χ1v) is 14.1. The average molecular weight is 545 g/mol. The number of para-hydroxylation sites is 1. The van der Waals surface area contributed by atoms with Crippen LogP contribution >= 0.6 is 0 Å². The molecule has 206 valence electrons. The Morgan fingerprint density at radius 1 is 0.951 bits per heavy atom. The quantitative estimate of drug-likeness (QED) is 0.228. The normalized spacial score (nSPS) is 14.1. The summed E-state index contributed by atoms with van der Waals surface area (Å²) in [6, 6.07) is 26.7. The number of fused-ring (bicyclic) bond motifs is 2. The van der Waals surface area contributed by atoms with Gasteiger partial charge in [-0.2, -0.15) is 9.78 Å². The topological polar surface area (TPSA) is 85.6 Å². The Hall–Kier alpha value is -4.78. The molecule has 1 aliphatic carbocycles. The Bertz CT molecular complexity index is 1800. The number of aryl methyl sites for hydroxylation is 1. The monoisotopic (exact) mass is 544 g/mol. The van der Waals surface area contributed by atoms with Gasteiger partial charge in [0.25, 0.3) is 11.5 Å². The van der Waals surface area contributed by atoms with E-state index in [1.807, 2.05) is 85.8 Å². The second-order valence-corrected chi connectivity index (χ2v) is 10.6. The van der Waals surface area contributed by atoms with Crippen molar-refractivity contribution in [2.45, 2.75) is 44.9 Å². The number of ether oxygens (including phenoxy) is 1. The van der Waals surface area contributed by atoms with E-state index < -0.39 is 0 Å². The van der Waals surface area contributed by atoms with Crippen LogP contribution in [-0.2, 0) is 4.79 Å². The van der Waals surface area contributed by atoms with Gasteiger partial charge in [-0.15, -0.1) is 0 Å². The van der Waals surface area contributed by atoms with Crippen LogP contribution in [0.3, 0.4) is 0 Å². The van der Waals surface area contributed by atoms with Gasteiger partial charge >= 0.3 is 0 Å². The lowest BCUT2D eigenvalue weighted by molar-refractivity contribution is -0.118. The van der Waals surface area contributed by atoms with Gasteiger partial charge in [0.05, 0.1) is 17.1 Å². The lowest BCUT2D eigenvalue weighted by Gasteiger charge is -2.22. The average Bonchev–Trinajstić information content (AvgIpc) is 3.01. The van der Waals surface area contributed by atoms with Crippen molar-refractivity contribution in [3.05, 3.63) is 112 Å². The van der Waals surface area contributed by atoms with E-state index in [0.717, 1.165) is 42.0 Å². The highest BCUT2D eigenvalue weighted by Gasteiger charge is 2.22. The molecule has 0 atom stereocenters. The molecule has 1 N–H and O–H groups in total. The summed E-state index contributed by atoms with van der Waals surface area (Å²) in [7, 11) is 0. The molecule has 4 aromatic carbocycles. The van der Waals surface area contributed by atoms with Gasteiger partial charge in [-0.25, -0.2) is 4.98 Å². The summed E-state index contributed by atoms with van der Waals surface area (Å²) in [6.07, 6.45) is 7.07. The Balaban J connectivity index is 1.37. The van der Waals surface area contributed by atoms with E-state index in [0.29, 0.717) is 33.7 Å². The first kappa shape index (κ1) is 26.4. The second kappa shape index (κ2) is 11.8. The van der Waals surface area contributed by atoms with Gasteiger partial charge in [0, 0.05) is 17.2 Å².